The number of methoxy groups -OCH3 is 2. The average Bonchev–Trinajstić information content (AvgIpc) is 2.78. The lowest BCUT2D eigenvalue weighted by Crippen LogP contribution is -2.14. The van der Waals surface area contributed by atoms with Crippen molar-refractivity contribution in [3.63, 3.8) is 0 Å². The number of benzene rings is 3. The van der Waals surface area contributed by atoms with Crippen LogP contribution in [0.25, 0.3) is 0 Å². The van der Waals surface area contributed by atoms with E-state index in [2.05, 4.69) is 10.6 Å². The molecule has 0 heterocycles. The van der Waals surface area contributed by atoms with Gasteiger partial charge >= 0.3 is 0 Å². The van der Waals surface area contributed by atoms with Gasteiger partial charge in [0.25, 0.3) is 5.91 Å². The summed E-state index contributed by atoms with van der Waals surface area (Å²) in [6.07, 6.45) is 0. The molecule has 0 unspecified atom stereocenters. The molecule has 0 radical (unpaired) electrons. The number of nitrogens with one attached hydrogen (secondary N) is 2. The third kappa shape index (κ3) is 6.41. The van der Waals surface area contributed by atoms with Crippen LogP contribution < -0.4 is 20.1 Å². The van der Waals surface area contributed by atoms with Gasteiger partial charge in [0, 0.05) is 26.9 Å². The first-order chi connectivity index (χ1) is 15.0. The quantitative estimate of drug-likeness (QED) is 0.447. The van der Waals surface area contributed by atoms with Crippen molar-refractivity contribution in [2.24, 2.45) is 0 Å². The van der Waals surface area contributed by atoms with Crippen LogP contribution in [0.5, 0.6) is 11.5 Å². The molecule has 31 heavy (non-hydrogen) atoms. The highest BCUT2D eigenvalue weighted by molar-refractivity contribution is 8.00. The number of anilines is 2. The van der Waals surface area contributed by atoms with Crippen molar-refractivity contribution >= 4 is 46.6 Å². The van der Waals surface area contributed by atoms with Crippen molar-refractivity contribution in [1.82, 2.24) is 0 Å². The van der Waals surface area contributed by atoms with Gasteiger partial charge in [0.05, 0.1) is 20.0 Å². The van der Waals surface area contributed by atoms with E-state index in [1.54, 1.807) is 54.6 Å². The Balaban J connectivity index is 1.54. The fourth-order valence-electron chi connectivity index (χ4n) is 2.73. The summed E-state index contributed by atoms with van der Waals surface area (Å²) in [5, 5.41) is 6.21. The van der Waals surface area contributed by atoms with Crippen molar-refractivity contribution in [1.29, 1.82) is 0 Å². The summed E-state index contributed by atoms with van der Waals surface area (Å²) in [4.78, 5) is 25.5. The van der Waals surface area contributed by atoms with Crippen molar-refractivity contribution < 1.29 is 19.1 Å². The number of halogens is 1. The molecule has 0 saturated carbocycles. The summed E-state index contributed by atoms with van der Waals surface area (Å²) in [6, 6.07) is 19.2. The monoisotopic (exact) mass is 456 g/mol. The van der Waals surface area contributed by atoms with Gasteiger partial charge in [-0.1, -0.05) is 17.7 Å². The van der Waals surface area contributed by atoms with Crippen LogP contribution in [0.3, 0.4) is 0 Å². The molecular weight excluding hydrogens is 436 g/mol. The summed E-state index contributed by atoms with van der Waals surface area (Å²) in [5.41, 5.74) is 1.76. The third-order valence-corrected chi connectivity index (χ3v) is 5.48. The topological polar surface area (TPSA) is 76.7 Å². The highest BCUT2D eigenvalue weighted by Crippen LogP contribution is 2.28. The second-order valence-electron chi connectivity index (χ2n) is 6.40. The molecule has 0 aromatic heterocycles. The highest BCUT2D eigenvalue weighted by Gasteiger charge is 2.11. The predicted octanol–water partition coefficient (Wildman–Crippen LogP) is 5.34. The van der Waals surface area contributed by atoms with Gasteiger partial charge in [-0.2, -0.15) is 0 Å². The van der Waals surface area contributed by atoms with Gasteiger partial charge in [-0.25, -0.2) is 0 Å². The zero-order chi connectivity index (χ0) is 22.2. The molecule has 3 aromatic rings. The largest absolute Gasteiger partial charge is 0.493 e. The fraction of sp³-hybridized carbons (Fsp3) is 0.130. The molecule has 0 fully saturated rings. The van der Waals surface area contributed by atoms with Crippen LogP contribution >= 0.6 is 23.4 Å². The van der Waals surface area contributed by atoms with E-state index in [-0.39, 0.29) is 17.6 Å². The predicted molar refractivity (Wildman–Crippen MR) is 125 cm³/mol. The lowest BCUT2D eigenvalue weighted by atomic mass is 10.2. The molecule has 3 aromatic carbocycles. The zero-order valence-corrected chi connectivity index (χ0v) is 18.5. The molecular formula is C23H21ClN2O4S. The van der Waals surface area contributed by atoms with Gasteiger partial charge in [0.15, 0.2) is 11.5 Å². The molecule has 3 rings (SSSR count). The first-order valence-corrected chi connectivity index (χ1v) is 10.7. The maximum atomic E-state index is 12.5. The van der Waals surface area contributed by atoms with Crippen LogP contribution in [0, 0.1) is 0 Å². The number of carbonyl (C=O) groups is 2. The summed E-state index contributed by atoms with van der Waals surface area (Å²) < 4.78 is 10.4. The van der Waals surface area contributed by atoms with Crippen molar-refractivity contribution in [3.05, 3.63) is 77.3 Å². The number of carbonyl (C=O) groups excluding carboxylic acids is 2. The SMILES string of the molecule is COc1ccc(C(=O)Nc2ccc(SCC(=O)Nc3cccc(Cl)c3)cc2)cc1OC. The van der Waals surface area contributed by atoms with Gasteiger partial charge in [-0.15, -0.1) is 11.8 Å². The fourth-order valence-corrected chi connectivity index (χ4v) is 3.62. The van der Waals surface area contributed by atoms with Crippen LogP contribution in [-0.2, 0) is 4.79 Å². The minimum absolute atomic E-state index is 0.127. The smallest absolute Gasteiger partial charge is 0.255 e. The van der Waals surface area contributed by atoms with Crippen molar-refractivity contribution in [3.8, 4) is 11.5 Å². The van der Waals surface area contributed by atoms with Crippen LogP contribution in [0.1, 0.15) is 10.4 Å². The van der Waals surface area contributed by atoms with E-state index >= 15 is 0 Å². The molecule has 0 aliphatic rings. The van der Waals surface area contributed by atoms with E-state index in [9.17, 15) is 9.59 Å². The number of hydrogen-bond donors (Lipinski definition) is 2. The van der Waals surface area contributed by atoms with Crippen LogP contribution in [0.2, 0.25) is 5.02 Å². The standard InChI is InChI=1S/C23H21ClN2O4S/c1-29-20-11-6-15(12-21(20)30-2)23(28)26-17-7-9-19(10-8-17)31-14-22(27)25-18-5-3-4-16(24)13-18/h3-13H,14H2,1-2H3,(H,25,27)(H,26,28). The first kappa shape index (κ1) is 22.5. The lowest BCUT2D eigenvalue weighted by molar-refractivity contribution is -0.113. The van der Waals surface area contributed by atoms with Crippen molar-refractivity contribution in [2.75, 3.05) is 30.6 Å². The summed E-state index contributed by atoms with van der Waals surface area (Å²) in [5.74, 6) is 0.905. The van der Waals surface area contributed by atoms with Gasteiger partial charge in [0.2, 0.25) is 5.91 Å². The molecule has 8 heteroatoms. The minimum Gasteiger partial charge on any atom is -0.493 e. The molecule has 0 saturated heterocycles. The number of hydrogen-bond acceptors (Lipinski definition) is 5. The van der Waals surface area contributed by atoms with Crippen LogP contribution in [0.15, 0.2) is 71.6 Å². The molecule has 160 valence electrons. The molecule has 0 aliphatic carbocycles. The average molecular weight is 457 g/mol. The number of ether oxygens (including phenoxy) is 2. The number of thioether (sulfide) groups is 1. The van der Waals surface area contributed by atoms with Gasteiger partial charge < -0.3 is 20.1 Å². The van der Waals surface area contributed by atoms with E-state index in [0.29, 0.717) is 33.5 Å². The summed E-state index contributed by atoms with van der Waals surface area (Å²) in [7, 11) is 3.06. The van der Waals surface area contributed by atoms with E-state index in [1.807, 2.05) is 12.1 Å². The van der Waals surface area contributed by atoms with Gasteiger partial charge in [-0.05, 0) is 60.7 Å². The first-order valence-electron chi connectivity index (χ1n) is 9.30. The van der Waals surface area contributed by atoms with E-state index in [1.165, 1.54) is 26.0 Å². The number of rotatable bonds is 8. The van der Waals surface area contributed by atoms with E-state index < -0.39 is 0 Å². The molecule has 0 aliphatic heterocycles. The zero-order valence-electron chi connectivity index (χ0n) is 17.0. The Labute approximate surface area is 189 Å². The van der Waals surface area contributed by atoms with Crippen LogP contribution in [0.4, 0.5) is 11.4 Å². The highest BCUT2D eigenvalue weighted by atomic mass is 35.5. The maximum Gasteiger partial charge on any atom is 0.255 e. The molecule has 0 spiro atoms. The lowest BCUT2D eigenvalue weighted by Gasteiger charge is -2.10. The van der Waals surface area contributed by atoms with Gasteiger partial charge in [0.1, 0.15) is 0 Å². The normalized spacial score (nSPS) is 10.3. The van der Waals surface area contributed by atoms with E-state index in [4.69, 9.17) is 21.1 Å². The second-order valence-corrected chi connectivity index (χ2v) is 7.88. The molecule has 2 amide bonds. The maximum absolute atomic E-state index is 12.5. The molecule has 6 nitrogen and oxygen atoms in total. The molecule has 0 atom stereocenters. The second kappa shape index (κ2) is 10.7. The Morgan fingerprint density at radius 1 is 0.871 bits per heavy atom. The molecule has 0 bridgehead atoms. The van der Waals surface area contributed by atoms with Crippen molar-refractivity contribution in [2.45, 2.75) is 4.90 Å². The van der Waals surface area contributed by atoms with E-state index in [0.717, 1.165) is 4.90 Å². The Bertz CT molecular complexity index is 1070. The van der Waals surface area contributed by atoms with Gasteiger partial charge in [-0.3, -0.25) is 9.59 Å². The summed E-state index contributed by atoms with van der Waals surface area (Å²) in [6.45, 7) is 0. The molecule has 2 N–H and O–H groups in total. The summed E-state index contributed by atoms with van der Waals surface area (Å²) >= 11 is 7.32. The Morgan fingerprint density at radius 2 is 1.61 bits per heavy atom. The Hall–Kier alpha value is -3.16. The third-order valence-electron chi connectivity index (χ3n) is 4.24. The van der Waals surface area contributed by atoms with Crippen LogP contribution in [-0.4, -0.2) is 31.8 Å². The Kier molecular flexibility index (Phi) is 7.81. The number of amides is 2. The minimum atomic E-state index is -0.262. The Morgan fingerprint density at radius 3 is 2.29 bits per heavy atom.